The molecule has 0 aliphatic rings. The molecule has 0 spiro atoms. The molecule has 5 rings (SSSR count). The van der Waals surface area contributed by atoms with Crippen LogP contribution in [0, 0.1) is 6.92 Å². The fourth-order valence-electron chi connectivity index (χ4n) is 4.84. The molecule has 0 atom stereocenters. The third-order valence-corrected chi connectivity index (χ3v) is 9.21. The van der Waals surface area contributed by atoms with Gasteiger partial charge in [0.2, 0.25) is 17.7 Å². The van der Waals surface area contributed by atoms with Gasteiger partial charge in [-0.3, -0.25) is 23.8 Å². The molecule has 10 nitrogen and oxygen atoms in total. The Morgan fingerprint density at radius 1 is 1.04 bits per heavy atom. The highest BCUT2D eigenvalue weighted by Gasteiger charge is 2.20. The molecule has 0 bridgehead atoms. The van der Waals surface area contributed by atoms with Gasteiger partial charge in [0.15, 0.2) is 11.4 Å². The maximum atomic E-state index is 13.0. The van der Waals surface area contributed by atoms with Crippen molar-refractivity contribution in [1.82, 2.24) is 19.7 Å². The second kappa shape index (κ2) is 18.2. The van der Waals surface area contributed by atoms with E-state index in [1.807, 2.05) is 35.7 Å². The van der Waals surface area contributed by atoms with Crippen LogP contribution >= 0.6 is 63.9 Å². The third-order valence-electron chi connectivity index (χ3n) is 7.48. The zero-order valence-electron chi connectivity index (χ0n) is 27.1. The number of hydrogen-bond donors (Lipinski definition) is 1. The Morgan fingerprint density at radius 3 is 2.46 bits per heavy atom. The van der Waals surface area contributed by atoms with Crippen molar-refractivity contribution in [3.63, 3.8) is 0 Å². The first-order valence-corrected chi connectivity index (χ1v) is 16.3. The van der Waals surface area contributed by atoms with E-state index >= 15 is 0 Å². The van der Waals surface area contributed by atoms with Gasteiger partial charge in [0.05, 0.1) is 29.5 Å². The molecule has 50 heavy (non-hydrogen) atoms. The number of ether oxygens (including phenoxy) is 1. The molecular weight excluding hydrogens is 790 g/mol. The van der Waals surface area contributed by atoms with Gasteiger partial charge in [-0.2, -0.15) is 0 Å². The topological polar surface area (TPSA) is 109 Å². The predicted octanol–water partition coefficient (Wildman–Crippen LogP) is 7.88. The number of hydrogen-bond acceptors (Lipinski definition) is 6. The molecule has 5 aromatic rings. The Morgan fingerprint density at radius 2 is 1.78 bits per heavy atom. The molecule has 0 saturated carbocycles. The average Bonchev–Trinajstić information content (AvgIpc) is 3.38. The molecule has 3 aromatic heterocycles. The van der Waals surface area contributed by atoms with E-state index in [2.05, 4.69) is 31.2 Å². The molecule has 262 valence electrons. The minimum atomic E-state index is -0.450. The first-order chi connectivity index (χ1) is 23.0. The molecule has 3 amide bonds. The summed E-state index contributed by atoms with van der Waals surface area (Å²) >= 11 is 16.7. The normalized spacial score (nSPS) is 10.7. The lowest BCUT2D eigenvalue weighted by Crippen LogP contribution is -2.37. The fourth-order valence-corrected chi connectivity index (χ4v) is 5.82. The number of fused-ring (bicyclic) bond motifs is 1. The van der Waals surface area contributed by atoms with Gasteiger partial charge in [0.25, 0.3) is 0 Å². The summed E-state index contributed by atoms with van der Waals surface area (Å²) < 4.78 is 8.76. The highest BCUT2D eigenvalue weighted by atomic mass is 79.9. The summed E-state index contributed by atoms with van der Waals surface area (Å²) in [5.41, 5.74) is 4.74. The minimum absolute atomic E-state index is 0. The van der Waals surface area contributed by atoms with Gasteiger partial charge in [0.1, 0.15) is 11.2 Å². The van der Waals surface area contributed by atoms with Crippen LogP contribution in [-0.2, 0) is 27.5 Å². The summed E-state index contributed by atoms with van der Waals surface area (Å²) in [7, 11) is 1.57. The van der Waals surface area contributed by atoms with Crippen molar-refractivity contribution in [3.8, 4) is 5.75 Å². The number of aryl methyl sites for hydroxylation is 1. The minimum Gasteiger partial charge on any atom is -0.485 e. The summed E-state index contributed by atoms with van der Waals surface area (Å²) in [4.78, 5) is 49.5. The predicted molar refractivity (Wildman–Crippen MR) is 206 cm³/mol. The third kappa shape index (κ3) is 9.55. The summed E-state index contributed by atoms with van der Waals surface area (Å²) in [6.45, 7) is 3.56. The van der Waals surface area contributed by atoms with Crippen molar-refractivity contribution in [2.75, 3.05) is 23.4 Å². The maximum Gasteiger partial charge on any atom is 0.246 e. The summed E-state index contributed by atoms with van der Waals surface area (Å²) in [6.07, 6.45) is 8.23. The molecule has 0 aliphatic carbocycles. The lowest BCUT2D eigenvalue weighted by molar-refractivity contribution is -0.122. The van der Waals surface area contributed by atoms with Crippen LogP contribution in [0.4, 0.5) is 11.4 Å². The van der Waals surface area contributed by atoms with Crippen LogP contribution in [0.2, 0.25) is 10.0 Å². The molecule has 0 radical (unpaired) electrons. The number of nitrogens with one attached hydrogen (secondary N) is 1. The highest BCUT2D eigenvalue weighted by molar-refractivity contribution is 9.10. The standard InChI is InChI=1S/C35H31BrCl2N6O4.2ClH/c1-22-34(36)43-17-5-7-30(35(43)41-22)48-21-27-28(37)13-14-29(33(27)38)42(3)32(47)19-40-31(46)15-10-24-8-11-26(12-9-24)44(23(2)45)20-25-6-4-16-39-18-25;;/h4-18H,19-21H2,1-3H3,(H,40,46);2*1H/b15-10+;;. The van der Waals surface area contributed by atoms with Crippen LogP contribution in [-0.4, -0.2) is 45.7 Å². The molecule has 15 heteroatoms. The van der Waals surface area contributed by atoms with Crippen molar-refractivity contribution in [3.05, 3.63) is 122 Å². The zero-order chi connectivity index (χ0) is 34.4. The average molecular weight is 823 g/mol. The number of benzene rings is 2. The number of anilines is 2. The van der Waals surface area contributed by atoms with Gasteiger partial charge in [-0.1, -0.05) is 41.4 Å². The Bertz CT molecular complexity index is 2010. The maximum absolute atomic E-state index is 13.0. The largest absolute Gasteiger partial charge is 0.485 e. The molecule has 2 aromatic carbocycles. The number of aromatic nitrogens is 3. The van der Waals surface area contributed by atoms with Crippen LogP contribution in [0.3, 0.4) is 0 Å². The number of halogens is 5. The Hall–Kier alpha value is -4.13. The number of amides is 3. The Kier molecular flexibility index (Phi) is 14.7. The number of imidazole rings is 1. The zero-order valence-corrected chi connectivity index (χ0v) is 31.8. The first-order valence-electron chi connectivity index (χ1n) is 14.8. The van der Waals surface area contributed by atoms with E-state index < -0.39 is 11.8 Å². The lowest BCUT2D eigenvalue weighted by atomic mass is 10.1. The molecular formula is C35H33BrCl4N6O4. The quantitative estimate of drug-likeness (QED) is 0.136. The van der Waals surface area contributed by atoms with E-state index in [9.17, 15) is 14.4 Å². The first kappa shape index (κ1) is 40.3. The molecule has 3 heterocycles. The summed E-state index contributed by atoms with van der Waals surface area (Å²) in [6, 6.07) is 17.9. The highest BCUT2D eigenvalue weighted by Crippen LogP contribution is 2.35. The van der Waals surface area contributed by atoms with E-state index in [4.69, 9.17) is 27.9 Å². The summed E-state index contributed by atoms with van der Waals surface area (Å²) in [5.74, 6) is -0.405. The van der Waals surface area contributed by atoms with E-state index in [0.717, 1.165) is 27.1 Å². The molecule has 0 fully saturated rings. The number of carbonyl (C=O) groups is 3. The van der Waals surface area contributed by atoms with Crippen molar-refractivity contribution in [1.29, 1.82) is 0 Å². The smallest absolute Gasteiger partial charge is 0.246 e. The number of likely N-dealkylation sites (N-methyl/N-ethyl adjacent to an activating group) is 1. The van der Waals surface area contributed by atoms with Gasteiger partial charge < -0.3 is 19.9 Å². The van der Waals surface area contributed by atoms with Crippen molar-refractivity contribution in [2.45, 2.75) is 27.0 Å². The van der Waals surface area contributed by atoms with E-state index in [-0.39, 0.29) is 48.9 Å². The van der Waals surface area contributed by atoms with Crippen LogP contribution in [0.5, 0.6) is 5.75 Å². The second-order valence-electron chi connectivity index (χ2n) is 10.8. The van der Waals surface area contributed by atoms with Crippen molar-refractivity contribution >= 4 is 105 Å². The van der Waals surface area contributed by atoms with E-state index in [0.29, 0.717) is 34.2 Å². The van der Waals surface area contributed by atoms with Gasteiger partial charge in [-0.25, -0.2) is 4.98 Å². The van der Waals surface area contributed by atoms with Gasteiger partial charge in [0, 0.05) is 54.9 Å². The Balaban J connectivity index is 0.00000338. The van der Waals surface area contributed by atoms with Crippen molar-refractivity contribution in [2.24, 2.45) is 0 Å². The van der Waals surface area contributed by atoms with E-state index in [1.54, 1.807) is 72.9 Å². The second-order valence-corrected chi connectivity index (χ2v) is 12.3. The Labute approximate surface area is 320 Å². The van der Waals surface area contributed by atoms with Crippen LogP contribution in [0.15, 0.2) is 89.9 Å². The fraction of sp³-hybridized carbons (Fsp3) is 0.171. The number of pyridine rings is 2. The molecule has 0 saturated heterocycles. The number of rotatable bonds is 11. The SMILES string of the molecule is CC(=O)N(Cc1cccnc1)c1ccc(/C=C/C(=O)NCC(=O)N(C)c2ccc(Cl)c(COc3cccn4c(Br)c(C)nc34)c2Cl)cc1.Cl.Cl. The summed E-state index contributed by atoms with van der Waals surface area (Å²) in [5, 5.41) is 3.24. The number of nitrogens with zero attached hydrogens (tertiary/aromatic N) is 5. The van der Waals surface area contributed by atoms with Gasteiger partial charge in [-0.05, 0) is 82.5 Å². The van der Waals surface area contributed by atoms with Crippen molar-refractivity contribution < 1.29 is 19.1 Å². The van der Waals surface area contributed by atoms with Crippen LogP contribution < -0.4 is 19.9 Å². The molecule has 1 N–H and O–H groups in total. The van der Waals surface area contributed by atoms with E-state index in [1.165, 1.54) is 17.9 Å². The van der Waals surface area contributed by atoms with Gasteiger partial charge >= 0.3 is 0 Å². The molecule has 0 unspecified atom stereocenters. The van der Waals surface area contributed by atoms with Gasteiger partial charge in [-0.15, -0.1) is 24.8 Å². The molecule has 0 aliphatic heterocycles. The monoisotopic (exact) mass is 820 g/mol. The van der Waals surface area contributed by atoms with Crippen LogP contribution in [0.25, 0.3) is 11.7 Å². The number of carbonyl (C=O) groups excluding carboxylic acids is 3. The van der Waals surface area contributed by atoms with Crippen LogP contribution in [0.1, 0.15) is 29.3 Å². The lowest BCUT2D eigenvalue weighted by Gasteiger charge is -2.21.